The molecule has 1 aliphatic heterocycles. The van der Waals surface area contributed by atoms with E-state index >= 15 is 0 Å². The summed E-state index contributed by atoms with van der Waals surface area (Å²) in [6.45, 7) is 3.53. The lowest BCUT2D eigenvalue weighted by Crippen LogP contribution is -2.60. The van der Waals surface area contributed by atoms with E-state index in [0.29, 0.717) is 32.2 Å². The van der Waals surface area contributed by atoms with Crippen molar-refractivity contribution in [3.8, 4) is 22.9 Å². The number of thiol groups is 1. The van der Waals surface area contributed by atoms with E-state index in [2.05, 4.69) is 5.10 Å². The van der Waals surface area contributed by atoms with Crippen molar-refractivity contribution in [3.63, 3.8) is 0 Å². The van der Waals surface area contributed by atoms with E-state index in [1.54, 1.807) is 15.1 Å². The summed E-state index contributed by atoms with van der Waals surface area (Å²) in [4.78, 5) is 0. The minimum atomic E-state index is -4.42. The van der Waals surface area contributed by atoms with Gasteiger partial charge in [-0.2, -0.15) is 17.5 Å². The number of rotatable bonds is 9. The average Bonchev–Trinajstić information content (AvgIpc) is 3.22. The maximum Gasteiger partial charge on any atom is 0.416 e. The highest BCUT2D eigenvalue weighted by molar-refractivity contribution is 7.69. The predicted molar refractivity (Wildman–Crippen MR) is 132 cm³/mol. The summed E-state index contributed by atoms with van der Waals surface area (Å²) in [7, 11) is -2.80. The van der Waals surface area contributed by atoms with Crippen molar-refractivity contribution in [2.45, 2.75) is 44.4 Å². The lowest BCUT2D eigenvalue weighted by atomic mass is 9.82. The van der Waals surface area contributed by atoms with E-state index in [4.69, 9.17) is 9.47 Å². The molecule has 2 heterocycles. The Hall–Kier alpha value is -2.89. The SMILES string of the molecule is CCn1nc(Oc2ccc(C(F)(F)F)cc2)cc1-c1cccc(C2(N(CC3CCC3)[SH](=O)=O)COC2)c1. The van der Waals surface area contributed by atoms with Gasteiger partial charge in [0.2, 0.25) is 16.8 Å². The van der Waals surface area contributed by atoms with Gasteiger partial charge in [0.05, 0.1) is 24.5 Å². The maximum atomic E-state index is 12.9. The van der Waals surface area contributed by atoms with Gasteiger partial charge in [-0.05, 0) is 61.6 Å². The molecule has 0 unspecified atom stereocenters. The van der Waals surface area contributed by atoms with Gasteiger partial charge in [0.1, 0.15) is 11.3 Å². The largest absolute Gasteiger partial charge is 0.438 e. The second kappa shape index (κ2) is 10.1. The van der Waals surface area contributed by atoms with Crippen LogP contribution < -0.4 is 4.74 Å². The monoisotopic (exact) mass is 535 g/mol. The number of alkyl halides is 3. The van der Waals surface area contributed by atoms with Crippen molar-refractivity contribution in [2.75, 3.05) is 19.8 Å². The first-order chi connectivity index (χ1) is 17.7. The van der Waals surface area contributed by atoms with Crippen LogP contribution in [0.2, 0.25) is 0 Å². The zero-order chi connectivity index (χ0) is 26.2. The molecule has 0 radical (unpaired) electrons. The van der Waals surface area contributed by atoms with E-state index in [0.717, 1.165) is 48.2 Å². The molecule has 7 nitrogen and oxygen atoms in total. The van der Waals surface area contributed by atoms with Crippen molar-refractivity contribution in [1.82, 2.24) is 14.1 Å². The molecule has 1 aromatic heterocycles. The van der Waals surface area contributed by atoms with Crippen LogP contribution in [0, 0.1) is 5.92 Å². The van der Waals surface area contributed by atoms with Gasteiger partial charge in [-0.25, -0.2) is 8.42 Å². The van der Waals surface area contributed by atoms with Crippen LogP contribution in [-0.2, 0) is 33.9 Å². The molecular formula is C26H28F3N3O4S. The number of nitrogens with zero attached hydrogens (tertiary/aromatic N) is 3. The standard InChI is InChI=1S/C26H28F3N3O4S/c1-2-31-23(14-24(30-31)36-22-11-9-20(10-12-22)26(27,28)29)19-7-4-8-21(13-19)25(16-35-17-25)32(37(33)34)15-18-5-3-6-18/h4,7-14,18,37H,2-3,5-6,15-17H2,1H3. The van der Waals surface area contributed by atoms with Crippen LogP contribution in [0.5, 0.6) is 11.6 Å². The van der Waals surface area contributed by atoms with Gasteiger partial charge in [0, 0.05) is 24.7 Å². The topological polar surface area (TPSA) is 73.7 Å². The highest BCUT2D eigenvalue weighted by Crippen LogP contribution is 2.41. The number of aryl methyl sites for hydroxylation is 1. The zero-order valence-electron chi connectivity index (χ0n) is 20.3. The molecule has 37 heavy (non-hydrogen) atoms. The first-order valence-electron chi connectivity index (χ1n) is 12.2. The molecule has 1 saturated carbocycles. The summed E-state index contributed by atoms with van der Waals surface area (Å²) in [5.41, 5.74) is 0.932. The first-order valence-corrected chi connectivity index (χ1v) is 13.4. The van der Waals surface area contributed by atoms with Gasteiger partial charge in [0.25, 0.3) is 0 Å². The Labute approximate surface area is 214 Å². The summed E-state index contributed by atoms with van der Waals surface area (Å²) in [5.74, 6) is 0.864. The minimum Gasteiger partial charge on any atom is -0.438 e. The van der Waals surface area contributed by atoms with Crippen molar-refractivity contribution < 1.29 is 31.1 Å². The number of aromatic nitrogens is 2. The third kappa shape index (κ3) is 5.12. The van der Waals surface area contributed by atoms with E-state index in [9.17, 15) is 21.6 Å². The molecule has 11 heteroatoms. The molecule has 2 aliphatic rings. The summed E-state index contributed by atoms with van der Waals surface area (Å²) in [6, 6.07) is 13.8. The molecule has 2 fully saturated rings. The number of ether oxygens (including phenoxy) is 2. The van der Waals surface area contributed by atoms with Crippen LogP contribution in [0.1, 0.15) is 37.3 Å². The highest BCUT2D eigenvalue weighted by Gasteiger charge is 2.48. The van der Waals surface area contributed by atoms with E-state index in [1.807, 2.05) is 31.2 Å². The van der Waals surface area contributed by atoms with Gasteiger partial charge in [-0.3, -0.25) is 4.68 Å². The van der Waals surface area contributed by atoms with Crippen molar-refractivity contribution in [1.29, 1.82) is 0 Å². The smallest absolute Gasteiger partial charge is 0.416 e. The molecule has 0 atom stereocenters. The van der Waals surface area contributed by atoms with Crippen LogP contribution in [0.15, 0.2) is 54.6 Å². The summed E-state index contributed by atoms with van der Waals surface area (Å²) in [6.07, 6.45) is -1.22. The lowest BCUT2D eigenvalue weighted by molar-refractivity contribution is -0.137. The van der Waals surface area contributed by atoms with E-state index < -0.39 is 28.2 Å². The van der Waals surface area contributed by atoms with Gasteiger partial charge in [-0.1, -0.05) is 24.6 Å². The van der Waals surface area contributed by atoms with E-state index in [1.165, 1.54) is 12.1 Å². The van der Waals surface area contributed by atoms with Gasteiger partial charge in [0.15, 0.2) is 0 Å². The van der Waals surface area contributed by atoms with Crippen molar-refractivity contribution in [2.24, 2.45) is 5.92 Å². The number of hydrogen-bond acceptors (Lipinski definition) is 5. The Kier molecular flexibility index (Phi) is 7.03. The molecule has 0 N–H and O–H groups in total. The third-order valence-corrected chi connectivity index (χ3v) is 8.13. The maximum absolute atomic E-state index is 12.9. The fraction of sp³-hybridized carbons (Fsp3) is 0.423. The fourth-order valence-corrected chi connectivity index (χ4v) is 5.70. The average molecular weight is 536 g/mol. The number of benzene rings is 2. The van der Waals surface area contributed by atoms with Crippen LogP contribution in [0.25, 0.3) is 11.3 Å². The van der Waals surface area contributed by atoms with Crippen LogP contribution in [0.4, 0.5) is 13.2 Å². The Morgan fingerprint density at radius 1 is 1.14 bits per heavy atom. The summed E-state index contributed by atoms with van der Waals surface area (Å²) >= 11 is 0. The molecule has 1 saturated heterocycles. The number of halogens is 3. The zero-order valence-corrected chi connectivity index (χ0v) is 21.2. The third-order valence-electron chi connectivity index (χ3n) is 7.19. The Bertz CT molecular complexity index is 1320. The quantitative estimate of drug-likeness (QED) is 0.380. The first kappa shape index (κ1) is 25.7. The summed E-state index contributed by atoms with van der Waals surface area (Å²) in [5, 5.41) is 4.46. The predicted octanol–water partition coefficient (Wildman–Crippen LogP) is 5.24. The molecule has 2 aromatic carbocycles. The molecule has 0 amide bonds. The van der Waals surface area contributed by atoms with Gasteiger partial charge in [-0.15, -0.1) is 5.10 Å². The van der Waals surface area contributed by atoms with Gasteiger partial charge >= 0.3 is 6.18 Å². The van der Waals surface area contributed by atoms with Crippen LogP contribution in [0.3, 0.4) is 0 Å². The molecule has 5 rings (SSSR count). The fourth-order valence-electron chi connectivity index (χ4n) is 4.79. The van der Waals surface area contributed by atoms with Crippen molar-refractivity contribution in [3.05, 3.63) is 65.7 Å². The molecule has 3 aromatic rings. The Morgan fingerprint density at radius 2 is 1.86 bits per heavy atom. The molecule has 198 valence electrons. The van der Waals surface area contributed by atoms with Crippen molar-refractivity contribution >= 4 is 10.9 Å². The van der Waals surface area contributed by atoms with E-state index in [-0.39, 0.29) is 11.6 Å². The Morgan fingerprint density at radius 3 is 2.41 bits per heavy atom. The number of hydrogen-bond donors (Lipinski definition) is 1. The highest BCUT2D eigenvalue weighted by atomic mass is 32.2. The van der Waals surface area contributed by atoms with Gasteiger partial charge < -0.3 is 9.47 Å². The minimum absolute atomic E-state index is 0.241. The molecule has 0 bridgehead atoms. The summed E-state index contributed by atoms with van der Waals surface area (Å²) < 4.78 is 77.8. The Balaban J connectivity index is 1.43. The normalized spacial score (nSPS) is 17.6. The second-order valence-corrected chi connectivity index (χ2v) is 10.5. The molecular weight excluding hydrogens is 507 g/mol. The second-order valence-electron chi connectivity index (χ2n) is 9.53. The lowest BCUT2D eigenvalue weighted by Gasteiger charge is -2.48. The van der Waals surface area contributed by atoms with Crippen LogP contribution in [-0.4, -0.2) is 42.3 Å². The molecule has 0 spiro atoms. The molecule has 1 aliphatic carbocycles. The van der Waals surface area contributed by atoms with Crippen LogP contribution >= 0.6 is 0 Å².